The van der Waals surface area contributed by atoms with E-state index in [1.807, 2.05) is 0 Å². The van der Waals surface area contributed by atoms with Crippen LogP contribution in [0.15, 0.2) is 78.9 Å². The molecule has 0 radical (unpaired) electrons. The Morgan fingerprint density at radius 2 is 1.24 bits per heavy atom. The number of amides is 11. The number of unbranched alkanes of at least 4 members (excludes halogenated alkanes) is 5. The van der Waals surface area contributed by atoms with E-state index in [-0.39, 0.29) is 64.3 Å². The van der Waals surface area contributed by atoms with Gasteiger partial charge < -0.3 is 137 Å². The van der Waals surface area contributed by atoms with Gasteiger partial charge in [0.2, 0.25) is 59.3 Å². The van der Waals surface area contributed by atoms with Crippen molar-refractivity contribution >= 4 is 88.7 Å². The van der Waals surface area contributed by atoms with E-state index in [2.05, 4.69) is 54.8 Å². The number of nitrogens with two attached hydrogens (primary N) is 1. The Labute approximate surface area is 795 Å². The number of hydrogen-bond donors (Lipinski definition) is 18. The first-order valence-corrected chi connectivity index (χ1v) is 46.7. The fourth-order valence-electron chi connectivity index (χ4n) is 19.3. The highest BCUT2D eigenvalue weighted by molar-refractivity contribution is 6.32. The van der Waals surface area contributed by atoms with Crippen LogP contribution in [0.25, 0.3) is 11.1 Å². The molecule has 5 aromatic rings. The monoisotopic (exact) mass is 1940 g/mol. The van der Waals surface area contributed by atoms with Gasteiger partial charge in [0.15, 0.2) is 23.9 Å². The predicted octanol–water partition coefficient (Wildman–Crippen LogP) is 7.92. The topological polar surface area (TPSA) is 570 Å². The number of phenols is 2. The zero-order valence-corrected chi connectivity index (χ0v) is 79.1. The highest BCUT2D eigenvalue weighted by Crippen LogP contribution is 2.55. The van der Waals surface area contributed by atoms with Crippen molar-refractivity contribution < 1.29 is 136 Å². The summed E-state index contributed by atoms with van der Waals surface area (Å²) in [5, 5.41) is 121. The van der Waals surface area contributed by atoms with Gasteiger partial charge in [-0.3, -0.25) is 43.3 Å². The average Bonchev–Trinajstić information content (AvgIpc) is 0.732. The first kappa shape index (κ1) is 102. The minimum Gasteiger partial charge on any atom is -0.507 e. The highest BCUT2D eigenvalue weighted by atomic mass is 35.5. The van der Waals surface area contributed by atoms with Gasteiger partial charge in [-0.05, 0) is 212 Å². The molecule has 4 saturated carbocycles. The van der Waals surface area contributed by atoms with E-state index >= 15 is 33.6 Å². The molecule has 18 atom stereocenters. The summed E-state index contributed by atoms with van der Waals surface area (Å²) in [5.41, 5.74) is -0.308. The maximum absolute atomic E-state index is 16.7. The Morgan fingerprint density at radius 1 is 0.647 bits per heavy atom. The maximum Gasteiger partial charge on any atom is 0.412 e. The van der Waals surface area contributed by atoms with Gasteiger partial charge >= 0.3 is 18.3 Å². The van der Waals surface area contributed by atoms with Gasteiger partial charge in [0.05, 0.1) is 34.7 Å². The largest absolute Gasteiger partial charge is 0.507 e. The van der Waals surface area contributed by atoms with Crippen LogP contribution in [0.3, 0.4) is 0 Å². The van der Waals surface area contributed by atoms with Gasteiger partial charge in [0, 0.05) is 43.2 Å². The van der Waals surface area contributed by atoms with Crippen molar-refractivity contribution in [3.05, 3.63) is 117 Å². The van der Waals surface area contributed by atoms with Crippen LogP contribution in [0.1, 0.15) is 224 Å². The highest BCUT2D eigenvalue weighted by Gasteiger charge is 2.55. The van der Waals surface area contributed by atoms with Gasteiger partial charge in [0.1, 0.15) is 119 Å². The number of hydrogen-bond acceptors (Lipinski definition) is 28. The van der Waals surface area contributed by atoms with Crippen LogP contribution in [-0.4, -0.2) is 228 Å². The summed E-state index contributed by atoms with van der Waals surface area (Å²) in [7, 11) is 1.27. The molecule has 15 bridgehead atoms. The second-order valence-electron chi connectivity index (χ2n) is 39.2. The zero-order chi connectivity index (χ0) is 98.8. The molecule has 0 aromatic heterocycles. The lowest BCUT2D eigenvalue weighted by Crippen LogP contribution is -2.66. The Balaban J connectivity index is 1.00. The van der Waals surface area contributed by atoms with Crippen molar-refractivity contribution in [2.75, 3.05) is 20.2 Å². The normalized spacial score (nSPS) is 29.0. The van der Waals surface area contributed by atoms with Crippen LogP contribution in [0, 0.1) is 29.6 Å². The molecule has 39 nitrogen and oxygen atoms in total. The number of alkyl carbamates (subject to hydrolysis) is 1. The van der Waals surface area contributed by atoms with E-state index in [0.29, 0.717) is 18.3 Å². The van der Waals surface area contributed by atoms with Gasteiger partial charge in [-0.2, -0.15) is 0 Å². The number of nitrogens with zero attached hydrogens (tertiary/aromatic N) is 1. The number of likely N-dealkylation sites (N-methyl/N-ethyl adjacent to an activating group) is 1. The van der Waals surface area contributed by atoms with Crippen molar-refractivity contribution in [3.63, 3.8) is 0 Å². The fourth-order valence-corrected chi connectivity index (χ4v) is 19.8. The van der Waals surface area contributed by atoms with Crippen LogP contribution >= 0.6 is 23.2 Å². The smallest absolute Gasteiger partial charge is 0.412 e. The minimum absolute atomic E-state index is 0.0126. The third-order valence-electron chi connectivity index (χ3n) is 25.8. The summed E-state index contributed by atoms with van der Waals surface area (Å²) < 4.78 is 56.6. The quantitative estimate of drug-likeness (QED) is 0.0276. The molecule has 740 valence electrons. The lowest BCUT2D eigenvalue weighted by atomic mass is 9.54. The molecule has 2 saturated heterocycles. The number of carbonyl (C=O) groups is 11. The first-order valence-electron chi connectivity index (χ1n) is 46.0. The van der Waals surface area contributed by atoms with Gasteiger partial charge in [-0.1, -0.05) is 94.3 Å². The first-order chi connectivity index (χ1) is 64.1. The Bertz CT molecular complexity index is 5300. The van der Waals surface area contributed by atoms with E-state index in [1.54, 1.807) is 55.4 Å². The zero-order valence-electron chi connectivity index (χ0n) is 77.6. The number of aromatic hydroxyl groups is 2. The molecular weight excluding hydrogens is 1810 g/mol. The molecule has 7 heterocycles. The molecule has 11 aliphatic rings. The second kappa shape index (κ2) is 42.5. The van der Waals surface area contributed by atoms with Crippen LogP contribution in [0.4, 0.5) is 14.4 Å². The third-order valence-corrected chi connectivity index (χ3v) is 26.4. The number of fused-ring (bicyclic) bond motifs is 15. The molecule has 11 amide bonds. The molecule has 7 aliphatic heterocycles. The molecule has 16 rings (SSSR count). The Morgan fingerprint density at radius 3 is 1.85 bits per heavy atom. The lowest BCUT2D eigenvalue weighted by Gasteiger charge is -2.54. The molecule has 6 fully saturated rings. The number of primary amides is 1. The maximum atomic E-state index is 16.7. The van der Waals surface area contributed by atoms with Crippen LogP contribution < -0.4 is 72.5 Å². The summed E-state index contributed by atoms with van der Waals surface area (Å²) in [5.74, 6) is -14.5. The number of rotatable bonds is 23. The third kappa shape index (κ3) is 23.8. The van der Waals surface area contributed by atoms with E-state index in [0.717, 1.165) is 130 Å². The summed E-state index contributed by atoms with van der Waals surface area (Å²) in [6.45, 7) is 17.2. The van der Waals surface area contributed by atoms with Gasteiger partial charge in [0.25, 0.3) is 0 Å². The van der Waals surface area contributed by atoms with Crippen molar-refractivity contribution in [2.45, 2.75) is 293 Å². The Kier molecular flexibility index (Phi) is 31.9. The number of halogens is 2. The number of aliphatic hydroxyl groups excluding tert-OH is 6. The van der Waals surface area contributed by atoms with Crippen LogP contribution in [0.2, 0.25) is 10.0 Å². The van der Waals surface area contributed by atoms with Gasteiger partial charge in [-0.15, -0.1) is 0 Å². The van der Waals surface area contributed by atoms with E-state index < -0.39 is 273 Å². The number of ether oxygens (including phenoxy) is 9. The summed E-state index contributed by atoms with van der Waals surface area (Å²) >= 11 is 14.6. The average molecular weight is 1940 g/mol. The number of benzene rings is 5. The van der Waals surface area contributed by atoms with Crippen molar-refractivity contribution in [3.8, 4) is 57.1 Å². The summed E-state index contributed by atoms with van der Waals surface area (Å²) in [4.78, 5) is 167. The summed E-state index contributed by atoms with van der Waals surface area (Å²) in [6.07, 6.45) is -13.8. The number of phenolic OH excluding ortho intramolecular Hbond substituents is 2. The number of aliphatic hydroxyl groups is 6. The minimum atomic E-state index is -2.44. The lowest BCUT2D eigenvalue weighted by molar-refractivity contribution is -0.334. The molecule has 10 unspecified atom stereocenters. The number of nitrogens with one attached hydrogen (secondary N) is 9. The SMILES string of the molecule is CCCCCCCCNC(=O)Oc1cc(O)c2c(c1)[C@@H](C(=O)NC1C3CC4CC(C3)CC1C4)NC(=O)C1NC(=O)[C@H](NC(=O)[C@@H]3NC(=O)[C@H](CC(N)=O)NC(=O)[C@H](NC(=O)[C@@H](CC(C)C)N(C)C(=O)OC(C)(C)C)[C@H](O)c4ccc(c(Cl)c4)Oc4cc3cc(c4OC3OC(CO)C(O)C(O)C3OC3CC(C)(NC(=O)OC(C)(C)C)C(O)C(C)O3)Oc3ccc(cc3Cl)[C@H]1O)c1ccc(O)c-2c1. The molecular formula is C95H123Cl2N11O28. The van der Waals surface area contributed by atoms with E-state index in [4.69, 9.17) is 71.6 Å². The van der Waals surface area contributed by atoms with Crippen LogP contribution in [0.5, 0.6) is 46.0 Å². The van der Waals surface area contributed by atoms with Crippen molar-refractivity contribution in [1.29, 1.82) is 0 Å². The Hall–Kier alpha value is -11.1. The van der Waals surface area contributed by atoms with Crippen molar-refractivity contribution in [2.24, 2.45) is 35.3 Å². The standard InChI is InChI=1S/C95H123Cl2N11O28/c1-13-14-15-16-17-18-25-99-90(125)129-52-37-54-68(60(111)38-52)53-32-46(19-22-59(53)110)70-84(120)106-74(88(124)104-72(54)86(122)101-69-49-28-44-27-45(30-49)31-50(69)29-44)76(114)48-21-24-62(56(97)34-48)131-64-36-51-35-63(79(64)134-89-80(78(116)77(115)65(41-109)132-89)133-67-40-95(11,81(117)43(4)128-67)107-91(126)135-93(5,6)7)130-61-23-20-47(33-55(61)96)75(113)73(87(123)100-57(39-66(98)112)82(118)102-71(51)85(121)103-70)105-83(119)58(26-42(2)3)108(12)92(127)136-94(8,9)10/h19-24,32-38,42-45,49-50,57-58,65,67,69-78,80-81,89,109-111,113-117H,13-18,25-31,39-41H2,1-12H3,(H2,98,112)(H,99,125)(H,100,123)(H,101,122)(H,102,118)(H,103,121)(H,104,124)(H,105,119)(H,106,120)(H,107,126)/t43?,44?,45?,49?,50?,57-,58+,65?,67?,69?,70+,71+,72-,73+,74?,75+,76+,77?,78?,80?,81?,89?,95?/m0/s1. The van der Waals surface area contributed by atoms with Crippen LogP contribution in [-0.2, 0) is 62.0 Å². The van der Waals surface area contributed by atoms with Crippen molar-refractivity contribution in [1.82, 2.24) is 52.8 Å². The molecule has 41 heteroatoms. The molecule has 136 heavy (non-hydrogen) atoms. The van der Waals surface area contributed by atoms with E-state index in [1.165, 1.54) is 39.1 Å². The summed E-state index contributed by atoms with van der Waals surface area (Å²) in [6, 6.07) is -0.852. The fraction of sp³-hybridized carbons (Fsp3) is 0.568. The molecule has 19 N–H and O–H groups in total. The molecule has 5 aromatic carbocycles. The predicted molar refractivity (Wildman–Crippen MR) is 486 cm³/mol. The second-order valence-corrected chi connectivity index (χ2v) is 40.0. The van der Waals surface area contributed by atoms with E-state index in [9.17, 15) is 60.0 Å². The number of carbonyl (C=O) groups excluding carboxylic acids is 11. The molecule has 0 spiro atoms. The van der Waals surface area contributed by atoms with Gasteiger partial charge in [-0.25, -0.2) is 14.4 Å². The molecule has 4 aliphatic carbocycles.